The number of thioether (sulfide) groups is 1. The van der Waals surface area contributed by atoms with Crippen LogP contribution in [0.4, 0.5) is 11.5 Å². The summed E-state index contributed by atoms with van der Waals surface area (Å²) in [6, 6.07) is 17.6. The van der Waals surface area contributed by atoms with Crippen molar-refractivity contribution in [2.45, 2.75) is 11.6 Å². The maximum atomic E-state index is 12.3. The van der Waals surface area contributed by atoms with Crippen molar-refractivity contribution in [1.29, 1.82) is 0 Å². The lowest BCUT2D eigenvalue weighted by Gasteiger charge is -2.36. The molecular weight excluding hydrogens is 458 g/mol. The van der Waals surface area contributed by atoms with Gasteiger partial charge < -0.3 is 19.9 Å². The molecule has 2 aromatic carbocycles. The van der Waals surface area contributed by atoms with Gasteiger partial charge in [0.05, 0.1) is 12.9 Å². The van der Waals surface area contributed by atoms with Crippen LogP contribution in [0.3, 0.4) is 0 Å². The molecule has 1 aliphatic heterocycles. The Bertz CT molecular complexity index is 1090. The first-order valence-corrected chi connectivity index (χ1v) is 12.1. The lowest BCUT2D eigenvalue weighted by molar-refractivity contribution is -0.118. The number of piperazine rings is 1. The number of rotatable bonds is 8. The van der Waals surface area contributed by atoms with Crippen LogP contribution in [-0.2, 0) is 11.3 Å². The highest BCUT2D eigenvalue weighted by atomic mass is 35.5. The largest absolute Gasteiger partial charge is 0.497 e. The molecule has 1 N–H and O–H groups in total. The number of anilines is 2. The van der Waals surface area contributed by atoms with E-state index in [1.165, 1.54) is 11.8 Å². The molecule has 9 heteroatoms. The normalized spacial score (nSPS) is 13.6. The van der Waals surface area contributed by atoms with Gasteiger partial charge in [0.25, 0.3) is 0 Å². The minimum absolute atomic E-state index is 0.0630. The van der Waals surface area contributed by atoms with Crippen molar-refractivity contribution in [1.82, 2.24) is 15.3 Å². The summed E-state index contributed by atoms with van der Waals surface area (Å²) >= 11 is 7.54. The average Bonchev–Trinajstić information content (AvgIpc) is 2.87. The third-order valence-corrected chi connectivity index (χ3v) is 6.73. The summed E-state index contributed by atoms with van der Waals surface area (Å²) in [6.45, 7) is 3.91. The van der Waals surface area contributed by atoms with Crippen LogP contribution in [0.25, 0.3) is 0 Å². The lowest BCUT2D eigenvalue weighted by atomic mass is 10.2. The Labute approximate surface area is 203 Å². The number of nitrogens with one attached hydrogen (secondary N) is 1. The van der Waals surface area contributed by atoms with Crippen LogP contribution < -0.4 is 19.9 Å². The Morgan fingerprint density at radius 1 is 1.06 bits per heavy atom. The van der Waals surface area contributed by atoms with E-state index in [0.717, 1.165) is 54.0 Å². The summed E-state index contributed by atoms with van der Waals surface area (Å²) in [5.41, 5.74) is 2.06. The molecule has 7 nitrogen and oxygen atoms in total. The fourth-order valence-corrected chi connectivity index (χ4v) is 4.50. The summed E-state index contributed by atoms with van der Waals surface area (Å²) in [5.74, 6) is 1.97. The van der Waals surface area contributed by atoms with E-state index in [1.54, 1.807) is 13.4 Å². The molecule has 1 amide bonds. The number of aromatic nitrogens is 2. The summed E-state index contributed by atoms with van der Waals surface area (Å²) in [7, 11) is 1.68. The molecule has 1 aliphatic rings. The molecule has 33 heavy (non-hydrogen) atoms. The molecule has 2 heterocycles. The van der Waals surface area contributed by atoms with E-state index in [2.05, 4.69) is 37.2 Å². The number of hydrogen-bond acceptors (Lipinski definition) is 7. The topological polar surface area (TPSA) is 70.6 Å². The number of hydrogen-bond donors (Lipinski definition) is 1. The molecule has 172 valence electrons. The van der Waals surface area contributed by atoms with Crippen LogP contribution in [0.2, 0.25) is 5.02 Å². The number of carbonyl (C=O) groups is 1. The van der Waals surface area contributed by atoms with E-state index in [-0.39, 0.29) is 11.7 Å². The summed E-state index contributed by atoms with van der Waals surface area (Å²) in [4.78, 5) is 25.6. The second kappa shape index (κ2) is 11.2. The summed E-state index contributed by atoms with van der Waals surface area (Å²) < 4.78 is 5.34. The van der Waals surface area contributed by atoms with Gasteiger partial charge in [0.1, 0.15) is 22.9 Å². The van der Waals surface area contributed by atoms with Crippen LogP contribution in [0.1, 0.15) is 5.56 Å². The minimum atomic E-state index is -0.0630. The monoisotopic (exact) mass is 483 g/mol. The standard InChI is InChI=1S/C24H26ClN5O2S/c1-32-20-7-4-6-19(13-20)29-9-11-30(12-10-29)22-14-24(28-17-27-22)33-16-23(31)26-15-18-5-2-3-8-21(18)25/h2-8,13-14,17H,9-12,15-16H2,1H3,(H,26,31). The Morgan fingerprint density at radius 3 is 2.64 bits per heavy atom. The molecule has 1 aromatic heterocycles. The van der Waals surface area contributed by atoms with Gasteiger partial charge in [-0.1, -0.05) is 47.6 Å². The van der Waals surface area contributed by atoms with E-state index in [0.29, 0.717) is 11.6 Å². The van der Waals surface area contributed by atoms with Crippen LogP contribution in [-0.4, -0.2) is 54.9 Å². The molecule has 1 fully saturated rings. The number of benzene rings is 2. The fraction of sp³-hybridized carbons (Fsp3) is 0.292. The summed E-state index contributed by atoms with van der Waals surface area (Å²) in [6.07, 6.45) is 1.56. The third kappa shape index (κ3) is 6.30. The SMILES string of the molecule is COc1cccc(N2CCN(c3cc(SCC(=O)NCc4ccccc4Cl)ncn3)CC2)c1. The van der Waals surface area contributed by atoms with Gasteiger partial charge in [0.2, 0.25) is 5.91 Å². The Kier molecular flexibility index (Phi) is 7.91. The van der Waals surface area contributed by atoms with E-state index in [1.807, 2.05) is 42.5 Å². The number of nitrogens with zero attached hydrogens (tertiary/aromatic N) is 4. The van der Waals surface area contributed by atoms with Crippen molar-refractivity contribution in [3.05, 3.63) is 71.5 Å². The van der Waals surface area contributed by atoms with Gasteiger partial charge in [0, 0.05) is 55.6 Å². The van der Waals surface area contributed by atoms with Crippen molar-refractivity contribution in [3.8, 4) is 5.75 Å². The molecule has 0 spiro atoms. The Hall–Kier alpha value is -2.97. The lowest BCUT2D eigenvalue weighted by Crippen LogP contribution is -2.46. The van der Waals surface area contributed by atoms with Crippen molar-refractivity contribution < 1.29 is 9.53 Å². The highest BCUT2D eigenvalue weighted by Crippen LogP contribution is 2.25. The number of halogens is 1. The third-order valence-electron chi connectivity index (χ3n) is 5.43. The van der Waals surface area contributed by atoms with Crippen LogP contribution >= 0.6 is 23.4 Å². The van der Waals surface area contributed by atoms with Gasteiger partial charge in [-0.05, 0) is 23.8 Å². The van der Waals surface area contributed by atoms with Crippen LogP contribution in [0, 0.1) is 0 Å². The Balaban J connectivity index is 1.27. The second-order valence-corrected chi connectivity index (χ2v) is 8.95. The van der Waals surface area contributed by atoms with E-state index >= 15 is 0 Å². The number of amides is 1. The van der Waals surface area contributed by atoms with Crippen molar-refractivity contribution in [2.75, 3.05) is 48.8 Å². The molecular formula is C24H26ClN5O2S. The molecule has 0 aliphatic carbocycles. The zero-order valence-corrected chi connectivity index (χ0v) is 20.0. The van der Waals surface area contributed by atoms with Gasteiger partial charge >= 0.3 is 0 Å². The molecule has 0 unspecified atom stereocenters. The maximum Gasteiger partial charge on any atom is 0.230 e. The van der Waals surface area contributed by atoms with E-state index in [4.69, 9.17) is 16.3 Å². The van der Waals surface area contributed by atoms with Crippen molar-refractivity contribution in [2.24, 2.45) is 0 Å². The van der Waals surface area contributed by atoms with E-state index in [9.17, 15) is 4.79 Å². The molecule has 0 saturated carbocycles. The zero-order chi connectivity index (χ0) is 23.0. The van der Waals surface area contributed by atoms with Gasteiger partial charge in [-0.25, -0.2) is 9.97 Å². The number of carbonyl (C=O) groups excluding carboxylic acids is 1. The predicted octanol–water partition coefficient (Wildman–Crippen LogP) is 3.87. The molecule has 0 atom stereocenters. The first-order valence-electron chi connectivity index (χ1n) is 10.7. The highest BCUT2D eigenvalue weighted by Gasteiger charge is 2.19. The molecule has 0 bridgehead atoms. The summed E-state index contributed by atoms with van der Waals surface area (Å²) in [5, 5.41) is 4.34. The predicted molar refractivity (Wildman–Crippen MR) is 133 cm³/mol. The van der Waals surface area contributed by atoms with Gasteiger partial charge in [-0.3, -0.25) is 4.79 Å². The van der Waals surface area contributed by atoms with Gasteiger partial charge in [-0.15, -0.1) is 0 Å². The second-order valence-electron chi connectivity index (χ2n) is 7.55. The molecule has 1 saturated heterocycles. The first kappa shape index (κ1) is 23.2. The van der Waals surface area contributed by atoms with Gasteiger partial charge in [-0.2, -0.15) is 0 Å². The molecule has 0 radical (unpaired) electrons. The highest BCUT2D eigenvalue weighted by molar-refractivity contribution is 7.99. The minimum Gasteiger partial charge on any atom is -0.497 e. The van der Waals surface area contributed by atoms with Crippen molar-refractivity contribution in [3.63, 3.8) is 0 Å². The molecule has 4 rings (SSSR count). The number of methoxy groups -OCH3 is 1. The maximum absolute atomic E-state index is 12.3. The average molecular weight is 484 g/mol. The molecule has 3 aromatic rings. The zero-order valence-electron chi connectivity index (χ0n) is 18.4. The van der Waals surface area contributed by atoms with Gasteiger partial charge in [0.15, 0.2) is 0 Å². The van der Waals surface area contributed by atoms with E-state index < -0.39 is 0 Å². The van der Waals surface area contributed by atoms with Crippen LogP contribution in [0.5, 0.6) is 5.75 Å². The fourth-order valence-electron chi connectivity index (χ4n) is 3.61. The first-order chi connectivity index (χ1) is 16.1. The Morgan fingerprint density at radius 2 is 1.85 bits per heavy atom. The van der Waals surface area contributed by atoms with Crippen LogP contribution in [0.15, 0.2) is 66.0 Å². The number of ether oxygens (including phenoxy) is 1. The quantitative estimate of drug-likeness (QED) is 0.385. The van der Waals surface area contributed by atoms with Crippen molar-refractivity contribution >= 4 is 40.8 Å². The smallest absolute Gasteiger partial charge is 0.230 e.